The van der Waals surface area contributed by atoms with Crippen LogP contribution in [0.1, 0.15) is 49.9 Å². The summed E-state index contributed by atoms with van der Waals surface area (Å²) in [5.74, 6) is 0. The number of benzene rings is 9. The number of fused-ring (bicyclic) bond motifs is 14. The number of hydrogen-bond acceptors (Lipinski definition) is 0. The maximum absolute atomic E-state index is 2.53. The molecule has 216 valence electrons. The van der Waals surface area contributed by atoms with Gasteiger partial charge in [0.2, 0.25) is 0 Å². The lowest BCUT2D eigenvalue weighted by Crippen LogP contribution is -2.15. The van der Waals surface area contributed by atoms with Crippen molar-refractivity contribution in [2.75, 3.05) is 0 Å². The number of rotatable bonds is 0. The van der Waals surface area contributed by atoms with Gasteiger partial charge >= 0.3 is 0 Å². The molecule has 2 aliphatic carbocycles. The molecule has 0 heterocycles. The summed E-state index contributed by atoms with van der Waals surface area (Å²) in [5.41, 5.74) is 11.2. The minimum Gasteiger partial charge on any atom is -0.0619 e. The Labute approximate surface area is 268 Å². The Morgan fingerprint density at radius 3 is 1.37 bits per heavy atom. The molecule has 2 aliphatic rings. The van der Waals surface area contributed by atoms with Crippen molar-refractivity contribution in [2.24, 2.45) is 0 Å². The van der Waals surface area contributed by atoms with Crippen molar-refractivity contribution in [2.45, 2.75) is 38.5 Å². The molecular weight excluding hydrogens is 553 g/mol. The highest BCUT2D eigenvalue weighted by atomic mass is 14.4. The van der Waals surface area contributed by atoms with Crippen LogP contribution in [0.5, 0.6) is 0 Å². The third kappa shape index (κ3) is 2.76. The van der Waals surface area contributed by atoms with E-state index in [9.17, 15) is 0 Å². The normalized spacial score (nSPS) is 15.7. The van der Waals surface area contributed by atoms with Crippen molar-refractivity contribution in [3.63, 3.8) is 0 Å². The van der Waals surface area contributed by atoms with E-state index in [2.05, 4.69) is 149 Å². The Balaban J connectivity index is 1.30. The molecule has 9 aromatic carbocycles. The van der Waals surface area contributed by atoms with Gasteiger partial charge in [0.15, 0.2) is 0 Å². The Morgan fingerprint density at radius 1 is 0.326 bits per heavy atom. The Morgan fingerprint density at radius 2 is 0.783 bits per heavy atom. The fraction of sp³-hybridized carbons (Fsp3) is 0.130. The largest absolute Gasteiger partial charge is 0.0619 e. The average molecular weight is 585 g/mol. The standard InChI is InChI=1S/C46H32/c1-45(2)37-16-10-9-15-31(37)43-32-19-17-26-22-40-44(33-20-18-25(21-39(43)45)41(32)42(26)33)36-23-34-29-13-7-5-11-27(29)28-12-6-8-14-30(28)35(34)24-38(36)46(40,3)4/h5-24H,1-4H3. The summed E-state index contributed by atoms with van der Waals surface area (Å²) >= 11 is 0. The molecule has 0 saturated heterocycles. The zero-order valence-electron chi connectivity index (χ0n) is 26.5. The lowest BCUT2D eigenvalue weighted by molar-refractivity contribution is 0.661. The lowest BCUT2D eigenvalue weighted by atomic mass is 9.79. The van der Waals surface area contributed by atoms with E-state index in [1.807, 2.05) is 0 Å². The van der Waals surface area contributed by atoms with E-state index in [4.69, 9.17) is 0 Å². The highest BCUT2D eigenvalue weighted by molar-refractivity contribution is 6.31. The third-order valence-corrected chi connectivity index (χ3v) is 11.9. The van der Waals surface area contributed by atoms with Gasteiger partial charge < -0.3 is 0 Å². The van der Waals surface area contributed by atoms with Gasteiger partial charge in [-0.2, -0.15) is 0 Å². The Bertz CT molecular complexity index is 2840. The Hall–Kier alpha value is -5.20. The van der Waals surface area contributed by atoms with Crippen LogP contribution < -0.4 is 0 Å². The van der Waals surface area contributed by atoms with Gasteiger partial charge in [-0.15, -0.1) is 0 Å². The van der Waals surface area contributed by atoms with Gasteiger partial charge in [0.1, 0.15) is 0 Å². The molecule has 9 aromatic rings. The van der Waals surface area contributed by atoms with Crippen LogP contribution in [0.3, 0.4) is 0 Å². The van der Waals surface area contributed by atoms with Crippen molar-refractivity contribution < 1.29 is 0 Å². The molecule has 0 fully saturated rings. The van der Waals surface area contributed by atoms with Crippen LogP contribution in [0, 0.1) is 0 Å². The molecule has 0 amide bonds. The summed E-state index contributed by atoms with van der Waals surface area (Å²) in [7, 11) is 0. The summed E-state index contributed by atoms with van der Waals surface area (Å²) in [6, 6.07) is 46.6. The van der Waals surface area contributed by atoms with Gasteiger partial charge in [-0.3, -0.25) is 0 Å². The molecule has 0 N–H and O–H groups in total. The van der Waals surface area contributed by atoms with Crippen molar-refractivity contribution in [1.29, 1.82) is 0 Å². The molecular formula is C46H32. The molecule has 0 aromatic heterocycles. The highest BCUT2D eigenvalue weighted by Crippen LogP contribution is 2.57. The topological polar surface area (TPSA) is 0 Å². The fourth-order valence-electron chi connectivity index (χ4n) is 9.73. The monoisotopic (exact) mass is 584 g/mol. The molecule has 0 radical (unpaired) electrons. The van der Waals surface area contributed by atoms with Crippen LogP contribution in [0.15, 0.2) is 121 Å². The van der Waals surface area contributed by atoms with E-state index in [0.717, 1.165) is 0 Å². The maximum Gasteiger partial charge on any atom is 0.0159 e. The lowest BCUT2D eigenvalue weighted by Gasteiger charge is -2.24. The van der Waals surface area contributed by atoms with E-state index in [-0.39, 0.29) is 10.8 Å². The molecule has 46 heavy (non-hydrogen) atoms. The van der Waals surface area contributed by atoms with Gasteiger partial charge in [0.25, 0.3) is 0 Å². The van der Waals surface area contributed by atoms with Gasteiger partial charge in [-0.05, 0) is 133 Å². The van der Waals surface area contributed by atoms with Crippen LogP contribution in [0.4, 0.5) is 0 Å². The molecule has 11 rings (SSSR count). The summed E-state index contributed by atoms with van der Waals surface area (Å²) < 4.78 is 0. The summed E-state index contributed by atoms with van der Waals surface area (Å²) in [6.07, 6.45) is 0. The van der Waals surface area contributed by atoms with Gasteiger partial charge in [-0.25, -0.2) is 0 Å². The third-order valence-electron chi connectivity index (χ3n) is 11.9. The van der Waals surface area contributed by atoms with Crippen molar-refractivity contribution >= 4 is 64.6 Å². The second kappa shape index (κ2) is 7.95. The van der Waals surface area contributed by atoms with Crippen LogP contribution in [-0.2, 0) is 10.8 Å². The van der Waals surface area contributed by atoms with Crippen LogP contribution in [-0.4, -0.2) is 0 Å². The molecule has 0 saturated carbocycles. The van der Waals surface area contributed by atoms with E-state index in [1.54, 1.807) is 0 Å². The first-order chi connectivity index (χ1) is 22.3. The molecule has 0 atom stereocenters. The Kier molecular flexibility index (Phi) is 4.33. The molecule has 0 aliphatic heterocycles. The van der Waals surface area contributed by atoms with Crippen molar-refractivity contribution in [3.05, 3.63) is 144 Å². The van der Waals surface area contributed by atoms with E-state index >= 15 is 0 Å². The summed E-state index contributed by atoms with van der Waals surface area (Å²) in [5, 5.41) is 16.3. The van der Waals surface area contributed by atoms with Gasteiger partial charge in [0, 0.05) is 10.8 Å². The first kappa shape index (κ1) is 25.0. The first-order valence-corrected chi connectivity index (χ1v) is 16.6. The van der Waals surface area contributed by atoms with Crippen LogP contribution in [0.2, 0.25) is 0 Å². The number of hydrogen-bond donors (Lipinski definition) is 0. The molecule has 0 unspecified atom stereocenters. The SMILES string of the molecule is CC1(C)c2ccccc2-c2c1cc1ccc3c4c(cc5ccc2c1c53)C(C)(C)c1cc2c3ccccc3c3ccccc3c2cc1-4. The smallest absolute Gasteiger partial charge is 0.0159 e. The molecule has 0 nitrogen and oxygen atoms in total. The second-order valence-corrected chi connectivity index (χ2v) is 14.9. The zero-order valence-corrected chi connectivity index (χ0v) is 26.5. The minimum atomic E-state index is -0.111. The van der Waals surface area contributed by atoms with Crippen molar-refractivity contribution in [1.82, 2.24) is 0 Å². The van der Waals surface area contributed by atoms with Gasteiger partial charge in [-0.1, -0.05) is 125 Å². The predicted molar refractivity (Wildman–Crippen MR) is 198 cm³/mol. The van der Waals surface area contributed by atoms with Crippen molar-refractivity contribution in [3.8, 4) is 22.3 Å². The molecule has 0 heteroatoms. The summed E-state index contributed by atoms with van der Waals surface area (Å²) in [4.78, 5) is 0. The quantitative estimate of drug-likeness (QED) is 0.156. The maximum atomic E-state index is 2.53. The van der Waals surface area contributed by atoms with E-state index in [0.29, 0.717) is 0 Å². The van der Waals surface area contributed by atoms with E-state index < -0.39 is 0 Å². The average Bonchev–Trinajstić information content (AvgIpc) is 3.45. The van der Waals surface area contributed by atoms with E-state index in [1.165, 1.54) is 109 Å². The molecule has 0 bridgehead atoms. The van der Waals surface area contributed by atoms with Crippen LogP contribution in [0.25, 0.3) is 86.9 Å². The van der Waals surface area contributed by atoms with Gasteiger partial charge in [0.05, 0.1) is 0 Å². The summed E-state index contributed by atoms with van der Waals surface area (Å²) in [6.45, 7) is 9.63. The fourth-order valence-corrected chi connectivity index (χ4v) is 9.73. The van der Waals surface area contributed by atoms with Crippen LogP contribution >= 0.6 is 0 Å². The first-order valence-electron chi connectivity index (χ1n) is 16.6. The minimum absolute atomic E-state index is 0.0193. The predicted octanol–water partition coefficient (Wildman–Crippen LogP) is 12.7. The molecule has 0 spiro atoms. The highest BCUT2D eigenvalue weighted by Gasteiger charge is 2.40. The zero-order chi connectivity index (χ0) is 30.7. The second-order valence-electron chi connectivity index (χ2n) is 14.9.